The van der Waals surface area contributed by atoms with Gasteiger partial charge in [-0.15, -0.1) is 0 Å². The molecular weight excluding hydrogens is 362 g/mol. The van der Waals surface area contributed by atoms with Gasteiger partial charge in [0.05, 0.1) is 12.1 Å². The van der Waals surface area contributed by atoms with Crippen molar-refractivity contribution in [3.63, 3.8) is 0 Å². The number of carboxylic acid groups (broad SMARTS) is 1. The van der Waals surface area contributed by atoms with E-state index in [2.05, 4.69) is 0 Å². The topological polar surface area (TPSA) is 88.5 Å². The second kappa shape index (κ2) is 6.26. The highest BCUT2D eigenvalue weighted by Crippen LogP contribution is 2.52. The SMILES string of the molecule is CC1(C)Oc2ccc(C[C@]3(C(C)(C)C)[C@@H](CO)OC(C)(C)N3C(=O)O)cc2O1. The van der Waals surface area contributed by atoms with Gasteiger partial charge in [0.25, 0.3) is 0 Å². The molecule has 2 aliphatic heterocycles. The van der Waals surface area contributed by atoms with Crippen LogP contribution >= 0.6 is 0 Å². The van der Waals surface area contributed by atoms with Gasteiger partial charge >= 0.3 is 6.09 Å². The van der Waals surface area contributed by atoms with Crippen LogP contribution in [0.1, 0.15) is 54.0 Å². The minimum Gasteiger partial charge on any atom is -0.465 e. The molecule has 156 valence electrons. The standard InChI is InChI=1S/C21H31NO6/c1-18(2,3)21(16(12-23)28-19(4,5)22(21)17(24)25)11-13-8-9-14-15(10-13)27-20(6,7)26-14/h8-10,16,23H,11-12H2,1-7H3,(H,24,25)/t16-,21-/m1/s1. The first kappa shape index (κ1) is 20.7. The van der Waals surface area contributed by atoms with Crippen LogP contribution in [0.2, 0.25) is 0 Å². The van der Waals surface area contributed by atoms with Gasteiger partial charge < -0.3 is 24.4 Å². The number of hydrogen-bond acceptors (Lipinski definition) is 5. The molecule has 3 rings (SSSR count). The minimum atomic E-state index is -1.07. The number of nitrogens with zero attached hydrogens (tertiary/aromatic N) is 1. The molecule has 2 aliphatic rings. The third-order valence-corrected chi connectivity index (χ3v) is 5.75. The van der Waals surface area contributed by atoms with E-state index >= 15 is 0 Å². The van der Waals surface area contributed by atoms with Gasteiger partial charge in [-0.2, -0.15) is 0 Å². The zero-order chi connectivity index (χ0) is 21.1. The van der Waals surface area contributed by atoms with Gasteiger partial charge in [-0.25, -0.2) is 4.79 Å². The molecule has 1 aromatic rings. The van der Waals surface area contributed by atoms with E-state index in [9.17, 15) is 15.0 Å². The number of amides is 1. The Morgan fingerprint density at radius 3 is 2.29 bits per heavy atom. The Morgan fingerprint density at radius 1 is 1.14 bits per heavy atom. The fraction of sp³-hybridized carbons (Fsp3) is 0.667. The monoisotopic (exact) mass is 393 g/mol. The zero-order valence-corrected chi connectivity index (χ0v) is 17.7. The van der Waals surface area contributed by atoms with Gasteiger partial charge in [0.2, 0.25) is 5.79 Å². The van der Waals surface area contributed by atoms with Crippen molar-refractivity contribution >= 4 is 6.09 Å². The van der Waals surface area contributed by atoms with Crippen LogP contribution in [0.5, 0.6) is 11.5 Å². The summed E-state index contributed by atoms with van der Waals surface area (Å²) in [6.45, 7) is 12.8. The van der Waals surface area contributed by atoms with Crippen molar-refractivity contribution in [2.75, 3.05) is 6.61 Å². The van der Waals surface area contributed by atoms with Crippen LogP contribution in [0, 0.1) is 5.41 Å². The van der Waals surface area contributed by atoms with Gasteiger partial charge in [-0.05, 0) is 43.4 Å². The molecule has 2 N–H and O–H groups in total. The Bertz CT molecular complexity index is 782. The highest BCUT2D eigenvalue weighted by molar-refractivity contribution is 5.68. The van der Waals surface area contributed by atoms with Crippen LogP contribution in [0.15, 0.2) is 18.2 Å². The van der Waals surface area contributed by atoms with Crippen molar-refractivity contribution in [2.45, 2.75) is 78.0 Å². The highest BCUT2D eigenvalue weighted by atomic mass is 16.7. The zero-order valence-electron chi connectivity index (χ0n) is 17.7. The Labute approximate surface area is 166 Å². The molecule has 7 heteroatoms. The smallest absolute Gasteiger partial charge is 0.410 e. The number of ether oxygens (including phenoxy) is 3. The van der Waals surface area contributed by atoms with Gasteiger partial charge in [0.15, 0.2) is 11.5 Å². The number of fused-ring (bicyclic) bond motifs is 1. The van der Waals surface area contributed by atoms with Crippen LogP contribution < -0.4 is 9.47 Å². The number of aliphatic hydroxyl groups is 1. The van der Waals surface area contributed by atoms with E-state index in [-0.39, 0.29) is 6.61 Å². The van der Waals surface area contributed by atoms with E-state index in [4.69, 9.17) is 14.2 Å². The van der Waals surface area contributed by atoms with E-state index < -0.39 is 34.7 Å². The molecule has 0 radical (unpaired) electrons. The first-order valence-electron chi connectivity index (χ1n) is 9.56. The molecule has 0 aliphatic carbocycles. The number of benzene rings is 1. The third kappa shape index (κ3) is 3.10. The summed E-state index contributed by atoms with van der Waals surface area (Å²) in [5, 5.41) is 20.2. The summed E-state index contributed by atoms with van der Waals surface area (Å²) in [4.78, 5) is 13.7. The number of hydrogen-bond donors (Lipinski definition) is 2. The van der Waals surface area contributed by atoms with Crippen LogP contribution in [-0.4, -0.2) is 51.0 Å². The maximum Gasteiger partial charge on any atom is 0.410 e. The Morgan fingerprint density at radius 2 is 1.75 bits per heavy atom. The first-order chi connectivity index (χ1) is 12.7. The average Bonchev–Trinajstić information content (AvgIpc) is 2.95. The van der Waals surface area contributed by atoms with Gasteiger partial charge in [-0.3, -0.25) is 4.90 Å². The number of carbonyl (C=O) groups is 1. The minimum absolute atomic E-state index is 0.276. The predicted octanol–water partition coefficient (Wildman–Crippen LogP) is 3.63. The molecule has 0 spiro atoms. The predicted molar refractivity (Wildman–Crippen MR) is 104 cm³/mol. The molecule has 1 aromatic carbocycles. The lowest BCUT2D eigenvalue weighted by atomic mass is 9.66. The molecule has 28 heavy (non-hydrogen) atoms. The molecule has 0 unspecified atom stereocenters. The fourth-order valence-electron chi connectivity index (χ4n) is 4.68. The Balaban J connectivity index is 2.10. The summed E-state index contributed by atoms with van der Waals surface area (Å²) in [6.07, 6.45) is -1.37. The molecule has 1 fully saturated rings. The lowest BCUT2D eigenvalue weighted by molar-refractivity contribution is -0.0771. The summed E-state index contributed by atoms with van der Waals surface area (Å²) in [6, 6.07) is 5.64. The maximum absolute atomic E-state index is 12.3. The van der Waals surface area contributed by atoms with E-state index in [1.165, 1.54) is 4.90 Å². The van der Waals surface area contributed by atoms with Crippen molar-refractivity contribution in [1.29, 1.82) is 0 Å². The molecule has 0 saturated carbocycles. The van der Waals surface area contributed by atoms with Crippen molar-refractivity contribution in [3.8, 4) is 11.5 Å². The van der Waals surface area contributed by atoms with Crippen LogP contribution in [0.25, 0.3) is 0 Å². The molecule has 1 saturated heterocycles. The van der Waals surface area contributed by atoms with Gasteiger partial charge in [0, 0.05) is 13.8 Å². The third-order valence-electron chi connectivity index (χ3n) is 5.75. The van der Waals surface area contributed by atoms with E-state index in [0.29, 0.717) is 17.9 Å². The van der Waals surface area contributed by atoms with Crippen molar-refractivity contribution < 1.29 is 29.2 Å². The van der Waals surface area contributed by atoms with Crippen LogP contribution in [0.4, 0.5) is 4.79 Å². The van der Waals surface area contributed by atoms with Crippen molar-refractivity contribution in [2.24, 2.45) is 5.41 Å². The lowest BCUT2D eigenvalue weighted by Gasteiger charge is -2.50. The van der Waals surface area contributed by atoms with Crippen LogP contribution in [-0.2, 0) is 11.2 Å². The number of aliphatic hydroxyl groups excluding tert-OH is 1. The second-order valence-electron chi connectivity index (χ2n) is 9.59. The molecule has 2 atom stereocenters. The summed E-state index contributed by atoms with van der Waals surface area (Å²) in [7, 11) is 0. The van der Waals surface area contributed by atoms with E-state index in [1.807, 2.05) is 52.8 Å². The van der Waals surface area contributed by atoms with Gasteiger partial charge in [0.1, 0.15) is 11.8 Å². The summed E-state index contributed by atoms with van der Waals surface area (Å²) in [5.41, 5.74) is -1.66. The average molecular weight is 393 g/mol. The second-order valence-corrected chi connectivity index (χ2v) is 9.59. The molecule has 0 aromatic heterocycles. The normalized spacial score (nSPS) is 27.9. The molecule has 0 bridgehead atoms. The Kier molecular flexibility index (Phi) is 4.63. The van der Waals surface area contributed by atoms with Gasteiger partial charge in [-0.1, -0.05) is 26.8 Å². The Hall–Kier alpha value is -1.99. The van der Waals surface area contributed by atoms with E-state index in [0.717, 1.165) is 5.56 Å². The fourth-order valence-corrected chi connectivity index (χ4v) is 4.68. The molecule has 1 amide bonds. The molecular formula is C21H31NO6. The maximum atomic E-state index is 12.3. The van der Waals surface area contributed by atoms with Crippen molar-refractivity contribution in [1.82, 2.24) is 4.90 Å². The largest absolute Gasteiger partial charge is 0.465 e. The quantitative estimate of drug-likeness (QED) is 0.815. The lowest BCUT2D eigenvalue weighted by Crippen LogP contribution is -2.65. The summed E-state index contributed by atoms with van der Waals surface area (Å²) < 4.78 is 17.7. The summed E-state index contributed by atoms with van der Waals surface area (Å²) in [5.74, 6) is 0.560. The number of rotatable bonds is 3. The van der Waals surface area contributed by atoms with Crippen molar-refractivity contribution in [3.05, 3.63) is 23.8 Å². The highest BCUT2D eigenvalue weighted by Gasteiger charge is 2.65. The first-order valence-corrected chi connectivity index (χ1v) is 9.56. The van der Waals surface area contributed by atoms with E-state index in [1.54, 1.807) is 13.8 Å². The molecule has 7 nitrogen and oxygen atoms in total. The summed E-state index contributed by atoms with van der Waals surface area (Å²) >= 11 is 0. The van der Waals surface area contributed by atoms with Crippen LogP contribution in [0.3, 0.4) is 0 Å². The molecule has 2 heterocycles.